The zero-order chi connectivity index (χ0) is 11.3. The Bertz CT molecular complexity index is 170. The second kappa shape index (κ2) is 6.46. The van der Waals surface area contributed by atoms with Gasteiger partial charge in [0.15, 0.2) is 0 Å². The lowest BCUT2D eigenvalue weighted by Crippen LogP contribution is -2.54. The first-order valence-electron chi connectivity index (χ1n) is 6.26. The first-order chi connectivity index (χ1) is 7.13. The third-order valence-corrected chi connectivity index (χ3v) is 3.31. The number of piperazine rings is 1. The standard InChI is InChI=1S/C12H27N3/c1-11(2)5-4-6-15-8-7-14(3)10-12(15)9-13/h11-12H,4-10,13H2,1-3H3. The van der Waals surface area contributed by atoms with Gasteiger partial charge < -0.3 is 10.6 Å². The Morgan fingerprint density at radius 3 is 2.67 bits per heavy atom. The molecule has 0 bridgehead atoms. The minimum atomic E-state index is 0.580. The Hall–Kier alpha value is -0.120. The average Bonchev–Trinajstić information content (AvgIpc) is 2.19. The third-order valence-electron chi connectivity index (χ3n) is 3.31. The second-order valence-corrected chi connectivity index (χ2v) is 5.22. The maximum Gasteiger partial charge on any atom is 0.0346 e. The highest BCUT2D eigenvalue weighted by molar-refractivity contribution is 4.81. The summed E-state index contributed by atoms with van der Waals surface area (Å²) >= 11 is 0. The van der Waals surface area contributed by atoms with Crippen LogP contribution < -0.4 is 5.73 Å². The van der Waals surface area contributed by atoms with Gasteiger partial charge in [-0.15, -0.1) is 0 Å². The van der Waals surface area contributed by atoms with Gasteiger partial charge in [-0.1, -0.05) is 13.8 Å². The minimum absolute atomic E-state index is 0.580. The van der Waals surface area contributed by atoms with Crippen molar-refractivity contribution in [1.82, 2.24) is 9.80 Å². The molecular formula is C12H27N3. The predicted molar refractivity (Wildman–Crippen MR) is 66.0 cm³/mol. The van der Waals surface area contributed by atoms with Crippen molar-refractivity contribution in [1.29, 1.82) is 0 Å². The minimum Gasteiger partial charge on any atom is -0.329 e. The van der Waals surface area contributed by atoms with Crippen LogP contribution in [0.2, 0.25) is 0 Å². The molecule has 1 atom stereocenters. The summed E-state index contributed by atoms with van der Waals surface area (Å²) in [6.45, 7) is 10.1. The van der Waals surface area contributed by atoms with Gasteiger partial charge in [0, 0.05) is 32.2 Å². The van der Waals surface area contributed by atoms with Gasteiger partial charge in [0.05, 0.1) is 0 Å². The van der Waals surface area contributed by atoms with Crippen LogP contribution in [0.15, 0.2) is 0 Å². The maximum atomic E-state index is 5.82. The van der Waals surface area contributed by atoms with Crippen molar-refractivity contribution in [2.45, 2.75) is 32.7 Å². The average molecular weight is 213 g/mol. The van der Waals surface area contributed by atoms with Gasteiger partial charge in [0.1, 0.15) is 0 Å². The molecule has 1 aliphatic heterocycles. The van der Waals surface area contributed by atoms with Crippen molar-refractivity contribution in [3.8, 4) is 0 Å². The van der Waals surface area contributed by atoms with Gasteiger partial charge in [0.25, 0.3) is 0 Å². The van der Waals surface area contributed by atoms with Crippen molar-refractivity contribution < 1.29 is 0 Å². The van der Waals surface area contributed by atoms with E-state index in [1.807, 2.05) is 0 Å². The normalized spacial score (nSPS) is 25.0. The number of hydrogen-bond donors (Lipinski definition) is 1. The summed E-state index contributed by atoms with van der Waals surface area (Å²) in [6, 6.07) is 0.580. The smallest absolute Gasteiger partial charge is 0.0346 e. The van der Waals surface area contributed by atoms with Crippen molar-refractivity contribution >= 4 is 0 Å². The summed E-state index contributed by atoms with van der Waals surface area (Å²) in [7, 11) is 2.19. The monoisotopic (exact) mass is 213 g/mol. The Balaban J connectivity index is 2.26. The summed E-state index contributed by atoms with van der Waals surface area (Å²) in [5.41, 5.74) is 5.82. The molecule has 90 valence electrons. The molecule has 1 saturated heterocycles. The van der Waals surface area contributed by atoms with Crippen LogP contribution in [-0.4, -0.2) is 55.6 Å². The molecule has 15 heavy (non-hydrogen) atoms. The molecule has 1 rings (SSSR count). The Morgan fingerprint density at radius 1 is 1.33 bits per heavy atom. The quantitative estimate of drug-likeness (QED) is 0.739. The molecule has 0 aromatic carbocycles. The van der Waals surface area contributed by atoms with Crippen molar-refractivity contribution in [2.75, 3.05) is 39.8 Å². The molecule has 0 aromatic heterocycles. The van der Waals surface area contributed by atoms with Gasteiger partial charge in [-0.2, -0.15) is 0 Å². The highest BCUT2D eigenvalue weighted by Crippen LogP contribution is 2.11. The highest BCUT2D eigenvalue weighted by Gasteiger charge is 2.23. The van der Waals surface area contributed by atoms with E-state index < -0.39 is 0 Å². The van der Waals surface area contributed by atoms with Crippen LogP contribution in [0.4, 0.5) is 0 Å². The number of hydrogen-bond acceptors (Lipinski definition) is 3. The number of likely N-dealkylation sites (N-methyl/N-ethyl adjacent to an activating group) is 1. The molecule has 0 spiro atoms. The van der Waals surface area contributed by atoms with Crippen LogP contribution in [0.25, 0.3) is 0 Å². The maximum absolute atomic E-state index is 5.82. The predicted octanol–water partition coefficient (Wildman–Crippen LogP) is 0.997. The van der Waals surface area contributed by atoms with E-state index in [4.69, 9.17) is 5.73 Å². The summed E-state index contributed by atoms with van der Waals surface area (Å²) in [6.07, 6.45) is 2.65. The summed E-state index contributed by atoms with van der Waals surface area (Å²) in [4.78, 5) is 4.96. The van der Waals surface area contributed by atoms with E-state index >= 15 is 0 Å². The second-order valence-electron chi connectivity index (χ2n) is 5.22. The fraction of sp³-hybridized carbons (Fsp3) is 1.00. The summed E-state index contributed by atoms with van der Waals surface area (Å²) in [5, 5.41) is 0. The lowest BCUT2D eigenvalue weighted by atomic mass is 10.1. The van der Waals surface area contributed by atoms with E-state index in [0.717, 1.165) is 19.0 Å². The Morgan fingerprint density at radius 2 is 2.07 bits per heavy atom. The molecule has 3 heteroatoms. The van der Waals surface area contributed by atoms with E-state index in [2.05, 4.69) is 30.7 Å². The molecule has 0 aliphatic carbocycles. The Kier molecular flexibility index (Phi) is 5.58. The molecule has 0 amide bonds. The molecule has 0 aromatic rings. The van der Waals surface area contributed by atoms with Crippen LogP contribution in [0, 0.1) is 5.92 Å². The van der Waals surface area contributed by atoms with Crippen LogP contribution in [-0.2, 0) is 0 Å². The number of rotatable bonds is 5. The highest BCUT2D eigenvalue weighted by atomic mass is 15.3. The lowest BCUT2D eigenvalue weighted by molar-refractivity contribution is 0.0919. The van der Waals surface area contributed by atoms with Crippen LogP contribution >= 0.6 is 0 Å². The molecule has 3 nitrogen and oxygen atoms in total. The zero-order valence-corrected chi connectivity index (χ0v) is 10.6. The molecule has 1 unspecified atom stereocenters. The van der Waals surface area contributed by atoms with Crippen molar-refractivity contribution in [2.24, 2.45) is 11.7 Å². The summed E-state index contributed by atoms with van der Waals surface area (Å²) in [5.74, 6) is 0.828. The number of nitrogens with two attached hydrogens (primary N) is 1. The van der Waals surface area contributed by atoms with Gasteiger partial charge in [-0.05, 0) is 32.4 Å². The van der Waals surface area contributed by atoms with E-state index in [9.17, 15) is 0 Å². The van der Waals surface area contributed by atoms with Gasteiger partial charge in [0.2, 0.25) is 0 Å². The van der Waals surface area contributed by atoms with Crippen molar-refractivity contribution in [3.05, 3.63) is 0 Å². The van der Waals surface area contributed by atoms with Crippen LogP contribution in [0.3, 0.4) is 0 Å². The molecule has 0 saturated carbocycles. The number of nitrogens with zero attached hydrogens (tertiary/aromatic N) is 2. The molecule has 1 aliphatic rings. The molecule has 1 fully saturated rings. The van der Waals surface area contributed by atoms with E-state index in [0.29, 0.717) is 6.04 Å². The van der Waals surface area contributed by atoms with Crippen molar-refractivity contribution in [3.63, 3.8) is 0 Å². The topological polar surface area (TPSA) is 32.5 Å². The van der Waals surface area contributed by atoms with Crippen LogP contribution in [0.1, 0.15) is 26.7 Å². The third kappa shape index (κ3) is 4.49. The first-order valence-corrected chi connectivity index (χ1v) is 6.26. The van der Waals surface area contributed by atoms with E-state index in [-0.39, 0.29) is 0 Å². The van der Waals surface area contributed by atoms with Crippen LogP contribution in [0.5, 0.6) is 0 Å². The fourth-order valence-corrected chi connectivity index (χ4v) is 2.27. The molecule has 0 radical (unpaired) electrons. The lowest BCUT2D eigenvalue weighted by Gasteiger charge is -2.39. The first kappa shape index (κ1) is 12.9. The largest absolute Gasteiger partial charge is 0.329 e. The van der Waals surface area contributed by atoms with E-state index in [1.54, 1.807) is 0 Å². The zero-order valence-electron chi connectivity index (χ0n) is 10.6. The van der Waals surface area contributed by atoms with Gasteiger partial charge >= 0.3 is 0 Å². The molecular weight excluding hydrogens is 186 g/mol. The van der Waals surface area contributed by atoms with E-state index in [1.165, 1.54) is 32.5 Å². The SMILES string of the molecule is CC(C)CCCN1CCN(C)CC1CN. The molecule has 1 heterocycles. The van der Waals surface area contributed by atoms with Gasteiger partial charge in [-0.25, -0.2) is 0 Å². The Labute approximate surface area is 94.6 Å². The van der Waals surface area contributed by atoms with Gasteiger partial charge in [-0.3, -0.25) is 4.90 Å². The molecule has 2 N–H and O–H groups in total. The fourth-order valence-electron chi connectivity index (χ4n) is 2.27. The summed E-state index contributed by atoms with van der Waals surface area (Å²) < 4.78 is 0.